The summed E-state index contributed by atoms with van der Waals surface area (Å²) in [6.45, 7) is 4.16. The highest BCUT2D eigenvalue weighted by Crippen LogP contribution is 2.21. The van der Waals surface area contributed by atoms with Gasteiger partial charge in [0.25, 0.3) is 11.5 Å². The van der Waals surface area contributed by atoms with E-state index in [-0.39, 0.29) is 22.8 Å². The van der Waals surface area contributed by atoms with E-state index >= 15 is 0 Å². The fourth-order valence-electron chi connectivity index (χ4n) is 4.41. The Morgan fingerprint density at radius 3 is 2.44 bits per heavy atom. The topological polar surface area (TPSA) is 58.4 Å². The SMILES string of the molecule is Cc1ccc(Cn2c(=O)c(C(=O)N3CCN(c4ccccc4F)CC3)cc3cccnc32)cc1. The lowest BCUT2D eigenvalue weighted by Gasteiger charge is -2.36. The number of aryl methyl sites for hydroxylation is 1. The number of hydrogen-bond acceptors (Lipinski definition) is 4. The molecule has 3 heterocycles. The van der Waals surface area contributed by atoms with Crippen LogP contribution in [0.25, 0.3) is 11.0 Å². The van der Waals surface area contributed by atoms with Crippen molar-refractivity contribution < 1.29 is 9.18 Å². The number of aromatic nitrogens is 2. The van der Waals surface area contributed by atoms with E-state index < -0.39 is 0 Å². The molecule has 0 aliphatic carbocycles. The van der Waals surface area contributed by atoms with Gasteiger partial charge in [0, 0.05) is 37.8 Å². The van der Waals surface area contributed by atoms with Crippen molar-refractivity contribution >= 4 is 22.6 Å². The monoisotopic (exact) mass is 456 g/mol. The molecule has 0 N–H and O–H groups in total. The fourth-order valence-corrected chi connectivity index (χ4v) is 4.41. The predicted octanol–water partition coefficient (Wildman–Crippen LogP) is 3.85. The van der Waals surface area contributed by atoms with E-state index in [4.69, 9.17) is 0 Å². The van der Waals surface area contributed by atoms with Crippen molar-refractivity contribution in [3.05, 3.63) is 106 Å². The summed E-state index contributed by atoms with van der Waals surface area (Å²) in [5, 5.41) is 0.738. The highest BCUT2D eigenvalue weighted by atomic mass is 19.1. The molecule has 7 heteroatoms. The number of rotatable bonds is 4. The molecule has 2 aromatic heterocycles. The molecule has 1 saturated heterocycles. The number of benzene rings is 2. The average molecular weight is 457 g/mol. The molecule has 0 radical (unpaired) electrons. The van der Waals surface area contributed by atoms with Crippen molar-refractivity contribution in [3.63, 3.8) is 0 Å². The van der Waals surface area contributed by atoms with Crippen LogP contribution in [0.5, 0.6) is 0 Å². The Hall–Kier alpha value is -4.00. The van der Waals surface area contributed by atoms with Gasteiger partial charge < -0.3 is 9.80 Å². The molecule has 0 atom stereocenters. The molecule has 1 amide bonds. The molecule has 2 aromatic carbocycles. The minimum atomic E-state index is -0.353. The van der Waals surface area contributed by atoms with Gasteiger partial charge in [0.2, 0.25) is 0 Å². The van der Waals surface area contributed by atoms with E-state index in [0.717, 1.165) is 16.5 Å². The second-order valence-corrected chi connectivity index (χ2v) is 8.58. The summed E-state index contributed by atoms with van der Waals surface area (Å²) in [5.74, 6) is -0.579. The number of para-hydroxylation sites is 1. The molecule has 1 fully saturated rings. The lowest BCUT2D eigenvalue weighted by molar-refractivity contribution is 0.0744. The van der Waals surface area contributed by atoms with Gasteiger partial charge in [-0.3, -0.25) is 14.2 Å². The van der Waals surface area contributed by atoms with Crippen molar-refractivity contribution in [2.45, 2.75) is 13.5 Å². The van der Waals surface area contributed by atoms with E-state index in [0.29, 0.717) is 44.1 Å². The molecule has 1 aliphatic rings. The van der Waals surface area contributed by atoms with Gasteiger partial charge in [0.05, 0.1) is 12.2 Å². The molecular weight excluding hydrogens is 431 g/mol. The number of hydrogen-bond donors (Lipinski definition) is 0. The summed E-state index contributed by atoms with van der Waals surface area (Å²) in [4.78, 5) is 34.9. The molecule has 0 spiro atoms. The number of pyridine rings is 2. The summed E-state index contributed by atoms with van der Waals surface area (Å²) >= 11 is 0. The zero-order valence-corrected chi connectivity index (χ0v) is 18.9. The Morgan fingerprint density at radius 1 is 0.971 bits per heavy atom. The van der Waals surface area contributed by atoms with Crippen molar-refractivity contribution in [2.75, 3.05) is 31.1 Å². The van der Waals surface area contributed by atoms with Gasteiger partial charge in [-0.25, -0.2) is 9.37 Å². The number of amides is 1. The standard InChI is InChI=1S/C27H25FN4O2/c1-19-8-10-20(11-9-19)18-32-25-21(5-4-12-29-25)17-22(27(32)34)26(33)31-15-13-30(14-16-31)24-7-3-2-6-23(24)28/h2-12,17H,13-16,18H2,1H3. The first-order valence-electron chi connectivity index (χ1n) is 11.3. The van der Waals surface area contributed by atoms with Gasteiger partial charge in [-0.2, -0.15) is 0 Å². The summed E-state index contributed by atoms with van der Waals surface area (Å²) in [6, 6.07) is 19.9. The van der Waals surface area contributed by atoms with Gasteiger partial charge in [0.1, 0.15) is 17.0 Å². The largest absolute Gasteiger partial charge is 0.366 e. The van der Waals surface area contributed by atoms with Crippen molar-refractivity contribution in [1.82, 2.24) is 14.5 Å². The number of carbonyl (C=O) groups is 1. The molecular formula is C27H25FN4O2. The summed E-state index contributed by atoms with van der Waals surface area (Å²) in [5.41, 5.74) is 2.96. The Kier molecular flexibility index (Phi) is 5.84. The van der Waals surface area contributed by atoms with Crippen LogP contribution in [-0.2, 0) is 6.54 Å². The first-order chi connectivity index (χ1) is 16.5. The summed E-state index contributed by atoms with van der Waals surface area (Å²) in [6.07, 6.45) is 1.65. The Morgan fingerprint density at radius 2 is 1.71 bits per heavy atom. The van der Waals surface area contributed by atoms with Crippen LogP contribution in [0, 0.1) is 12.7 Å². The van der Waals surface area contributed by atoms with Gasteiger partial charge in [-0.15, -0.1) is 0 Å². The number of carbonyl (C=O) groups excluding carboxylic acids is 1. The summed E-state index contributed by atoms with van der Waals surface area (Å²) < 4.78 is 15.7. The average Bonchev–Trinajstić information content (AvgIpc) is 2.87. The lowest BCUT2D eigenvalue weighted by atomic mass is 10.1. The number of halogens is 1. The van der Waals surface area contributed by atoms with E-state index in [1.165, 1.54) is 6.07 Å². The van der Waals surface area contributed by atoms with Gasteiger partial charge in [-0.1, -0.05) is 42.0 Å². The normalized spacial score (nSPS) is 13.9. The van der Waals surface area contributed by atoms with Crippen LogP contribution in [-0.4, -0.2) is 46.5 Å². The Balaban J connectivity index is 1.44. The van der Waals surface area contributed by atoms with E-state index in [1.54, 1.807) is 46.0 Å². The maximum Gasteiger partial charge on any atom is 0.265 e. The molecule has 0 bridgehead atoms. The van der Waals surface area contributed by atoms with Crippen LogP contribution in [0.4, 0.5) is 10.1 Å². The van der Waals surface area contributed by atoms with Crippen molar-refractivity contribution in [2.24, 2.45) is 0 Å². The molecule has 0 unspecified atom stereocenters. The molecule has 172 valence electrons. The second-order valence-electron chi connectivity index (χ2n) is 8.58. The number of piperazine rings is 1. The van der Waals surface area contributed by atoms with Crippen LogP contribution in [0.3, 0.4) is 0 Å². The quantitative estimate of drug-likeness (QED) is 0.468. The zero-order valence-electron chi connectivity index (χ0n) is 18.9. The molecule has 4 aromatic rings. The third-order valence-electron chi connectivity index (χ3n) is 6.30. The predicted molar refractivity (Wildman–Crippen MR) is 131 cm³/mol. The Bertz CT molecular complexity index is 1410. The van der Waals surface area contributed by atoms with E-state index in [1.807, 2.05) is 42.2 Å². The fraction of sp³-hybridized carbons (Fsp3) is 0.222. The van der Waals surface area contributed by atoms with E-state index in [9.17, 15) is 14.0 Å². The van der Waals surface area contributed by atoms with Gasteiger partial charge in [-0.05, 0) is 42.8 Å². The third-order valence-corrected chi connectivity index (χ3v) is 6.30. The first kappa shape index (κ1) is 21.8. The molecule has 1 aliphatic heterocycles. The highest BCUT2D eigenvalue weighted by molar-refractivity contribution is 5.97. The van der Waals surface area contributed by atoms with Crippen LogP contribution in [0.1, 0.15) is 21.5 Å². The molecule has 6 nitrogen and oxygen atoms in total. The van der Waals surface area contributed by atoms with Gasteiger partial charge in [0.15, 0.2) is 0 Å². The second kappa shape index (κ2) is 9.09. The maximum atomic E-state index is 14.2. The summed E-state index contributed by atoms with van der Waals surface area (Å²) in [7, 11) is 0. The first-order valence-corrected chi connectivity index (χ1v) is 11.3. The molecule has 5 rings (SSSR count). The van der Waals surface area contributed by atoms with Crippen molar-refractivity contribution in [1.29, 1.82) is 0 Å². The highest BCUT2D eigenvalue weighted by Gasteiger charge is 2.26. The van der Waals surface area contributed by atoms with E-state index in [2.05, 4.69) is 4.98 Å². The van der Waals surface area contributed by atoms with Crippen LogP contribution < -0.4 is 10.5 Å². The van der Waals surface area contributed by atoms with Crippen LogP contribution in [0.15, 0.2) is 77.7 Å². The smallest absolute Gasteiger partial charge is 0.265 e. The minimum Gasteiger partial charge on any atom is -0.366 e. The maximum absolute atomic E-state index is 14.2. The van der Waals surface area contributed by atoms with Crippen LogP contribution >= 0.6 is 0 Å². The number of nitrogens with zero attached hydrogens (tertiary/aromatic N) is 4. The van der Waals surface area contributed by atoms with Crippen molar-refractivity contribution in [3.8, 4) is 0 Å². The Labute approximate surface area is 196 Å². The minimum absolute atomic E-state index is 0.131. The number of anilines is 1. The molecule has 34 heavy (non-hydrogen) atoms. The lowest BCUT2D eigenvalue weighted by Crippen LogP contribution is -2.50. The van der Waals surface area contributed by atoms with Crippen LogP contribution in [0.2, 0.25) is 0 Å². The zero-order chi connectivity index (χ0) is 23.7. The van der Waals surface area contributed by atoms with Gasteiger partial charge >= 0.3 is 0 Å². The third kappa shape index (κ3) is 4.17. The number of fused-ring (bicyclic) bond motifs is 1. The molecule has 0 saturated carbocycles.